The van der Waals surface area contributed by atoms with Crippen LogP contribution in [0.1, 0.15) is 23.6 Å². The van der Waals surface area contributed by atoms with Gasteiger partial charge in [-0.2, -0.15) is 5.10 Å². The number of fused-ring (bicyclic) bond motifs is 2. The first-order valence-corrected chi connectivity index (χ1v) is 11.3. The first-order chi connectivity index (χ1) is 16.7. The molecule has 1 aliphatic rings. The minimum Gasteiger partial charge on any atom is -0.258 e. The van der Waals surface area contributed by atoms with E-state index in [2.05, 4.69) is 71.7 Å². The van der Waals surface area contributed by atoms with Crippen molar-refractivity contribution in [2.75, 3.05) is 5.01 Å². The van der Waals surface area contributed by atoms with E-state index < -0.39 is 0 Å². The molecule has 34 heavy (non-hydrogen) atoms. The third-order valence-electron chi connectivity index (χ3n) is 6.49. The van der Waals surface area contributed by atoms with Crippen LogP contribution in [0, 0.1) is 10.1 Å². The fourth-order valence-corrected chi connectivity index (χ4v) is 4.91. The summed E-state index contributed by atoms with van der Waals surface area (Å²) in [5.74, 6) is 0. The Bertz CT molecular complexity index is 1510. The Morgan fingerprint density at radius 1 is 0.765 bits per heavy atom. The number of benzene rings is 5. The molecular weight excluding hydrogens is 422 g/mol. The van der Waals surface area contributed by atoms with Gasteiger partial charge in [-0.1, -0.05) is 66.7 Å². The highest BCUT2D eigenvalue weighted by Crippen LogP contribution is 2.42. The van der Waals surface area contributed by atoms with E-state index in [1.54, 1.807) is 24.3 Å². The van der Waals surface area contributed by atoms with E-state index in [-0.39, 0.29) is 16.7 Å². The SMILES string of the molecule is O=[N+]([O-])c1ccc(C2=NN(c3ccccc3)[C@@H](c3c4ccccc4cc4ccccc34)C2)cc1. The van der Waals surface area contributed by atoms with Crippen LogP contribution in [0.4, 0.5) is 11.4 Å². The Hall–Kier alpha value is -4.51. The minimum absolute atomic E-state index is 0.0106. The van der Waals surface area contributed by atoms with Crippen LogP contribution >= 0.6 is 0 Å². The van der Waals surface area contributed by atoms with Crippen molar-refractivity contribution in [3.8, 4) is 0 Å². The lowest BCUT2D eigenvalue weighted by Crippen LogP contribution is -2.19. The predicted molar refractivity (Wildman–Crippen MR) is 137 cm³/mol. The molecule has 1 heterocycles. The maximum Gasteiger partial charge on any atom is 0.269 e. The van der Waals surface area contributed by atoms with Gasteiger partial charge in [0.2, 0.25) is 0 Å². The van der Waals surface area contributed by atoms with Crippen LogP contribution in [0.15, 0.2) is 114 Å². The highest BCUT2D eigenvalue weighted by atomic mass is 16.6. The number of hydrogen-bond acceptors (Lipinski definition) is 4. The average Bonchev–Trinajstić information content (AvgIpc) is 3.33. The molecule has 0 spiro atoms. The van der Waals surface area contributed by atoms with Gasteiger partial charge in [0.25, 0.3) is 5.69 Å². The van der Waals surface area contributed by atoms with Crippen LogP contribution in [0.2, 0.25) is 0 Å². The molecule has 1 aliphatic heterocycles. The number of hydrogen-bond donors (Lipinski definition) is 0. The van der Waals surface area contributed by atoms with E-state index in [4.69, 9.17) is 5.10 Å². The number of rotatable bonds is 4. The van der Waals surface area contributed by atoms with Gasteiger partial charge in [0.1, 0.15) is 0 Å². The van der Waals surface area contributed by atoms with Crippen molar-refractivity contribution in [3.05, 3.63) is 130 Å². The standard InChI is InChI=1S/C29H21N3O2/c33-32(34)24-16-14-20(15-17-24)27-19-28(31(30-27)23-10-2-1-3-11-23)29-25-12-6-4-8-21(25)18-22-9-5-7-13-26(22)29/h1-18,28H,19H2/t28-/m1/s1. The molecular formula is C29H21N3O2. The molecule has 0 aromatic heterocycles. The smallest absolute Gasteiger partial charge is 0.258 e. The van der Waals surface area contributed by atoms with Gasteiger partial charge in [0.05, 0.1) is 22.4 Å². The fourth-order valence-electron chi connectivity index (χ4n) is 4.91. The molecule has 164 valence electrons. The molecule has 6 rings (SSSR count). The molecule has 0 aliphatic carbocycles. The molecule has 0 bridgehead atoms. The number of nitro benzene ring substituents is 1. The number of non-ortho nitro benzene ring substituents is 1. The third-order valence-corrected chi connectivity index (χ3v) is 6.49. The summed E-state index contributed by atoms with van der Waals surface area (Å²) < 4.78 is 0. The lowest BCUT2D eigenvalue weighted by atomic mass is 9.89. The van der Waals surface area contributed by atoms with Crippen molar-refractivity contribution in [1.29, 1.82) is 0 Å². The maximum atomic E-state index is 11.1. The summed E-state index contributed by atoms with van der Waals surface area (Å²) in [6.45, 7) is 0. The molecule has 0 N–H and O–H groups in total. The van der Waals surface area contributed by atoms with Crippen LogP contribution < -0.4 is 5.01 Å². The van der Waals surface area contributed by atoms with Crippen LogP contribution in [0.25, 0.3) is 21.5 Å². The van der Waals surface area contributed by atoms with E-state index in [0.29, 0.717) is 6.42 Å². The van der Waals surface area contributed by atoms with Gasteiger partial charge < -0.3 is 0 Å². The number of nitrogens with zero attached hydrogens (tertiary/aromatic N) is 3. The monoisotopic (exact) mass is 443 g/mol. The molecule has 0 amide bonds. The van der Waals surface area contributed by atoms with Crippen LogP contribution in [-0.4, -0.2) is 10.6 Å². The van der Waals surface area contributed by atoms with Gasteiger partial charge in [-0.3, -0.25) is 15.1 Å². The van der Waals surface area contributed by atoms with Crippen molar-refractivity contribution in [2.24, 2.45) is 5.10 Å². The Morgan fingerprint density at radius 2 is 1.35 bits per heavy atom. The number of anilines is 1. The molecule has 5 heteroatoms. The summed E-state index contributed by atoms with van der Waals surface area (Å²) in [7, 11) is 0. The van der Waals surface area contributed by atoms with E-state index in [1.807, 2.05) is 18.2 Å². The second kappa shape index (κ2) is 8.12. The second-order valence-electron chi connectivity index (χ2n) is 8.48. The van der Waals surface area contributed by atoms with Crippen molar-refractivity contribution in [1.82, 2.24) is 0 Å². The summed E-state index contributed by atoms with van der Waals surface area (Å²) in [4.78, 5) is 10.8. The van der Waals surface area contributed by atoms with E-state index in [9.17, 15) is 10.1 Å². The van der Waals surface area contributed by atoms with Crippen molar-refractivity contribution in [2.45, 2.75) is 12.5 Å². The molecule has 0 saturated heterocycles. The zero-order chi connectivity index (χ0) is 23.1. The summed E-state index contributed by atoms with van der Waals surface area (Å²) in [5.41, 5.74) is 4.16. The minimum atomic E-state index is -0.373. The van der Waals surface area contributed by atoms with Crippen molar-refractivity contribution >= 4 is 38.6 Å². The fraction of sp³-hybridized carbons (Fsp3) is 0.0690. The van der Waals surface area contributed by atoms with Gasteiger partial charge >= 0.3 is 0 Å². The quantitative estimate of drug-likeness (QED) is 0.167. The molecule has 0 saturated carbocycles. The third kappa shape index (κ3) is 3.39. The lowest BCUT2D eigenvalue weighted by molar-refractivity contribution is -0.384. The molecule has 5 nitrogen and oxygen atoms in total. The predicted octanol–water partition coefficient (Wildman–Crippen LogP) is 7.26. The normalized spacial score (nSPS) is 15.6. The van der Waals surface area contributed by atoms with Gasteiger partial charge in [0, 0.05) is 18.6 Å². The zero-order valence-corrected chi connectivity index (χ0v) is 18.3. The van der Waals surface area contributed by atoms with Crippen molar-refractivity contribution < 1.29 is 4.92 Å². The molecule has 5 aromatic rings. The van der Waals surface area contributed by atoms with Crippen LogP contribution in [0.3, 0.4) is 0 Å². The van der Waals surface area contributed by atoms with Gasteiger partial charge in [-0.15, -0.1) is 0 Å². The summed E-state index contributed by atoms with van der Waals surface area (Å²) in [5, 5.41) is 23.1. The molecule has 0 fully saturated rings. The topological polar surface area (TPSA) is 58.7 Å². The first-order valence-electron chi connectivity index (χ1n) is 11.3. The van der Waals surface area contributed by atoms with E-state index in [1.165, 1.54) is 27.1 Å². The molecule has 1 atom stereocenters. The Kier molecular flexibility index (Phi) is 4.81. The zero-order valence-electron chi connectivity index (χ0n) is 18.3. The number of para-hydroxylation sites is 1. The Labute approximate surface area is 196 Å². The number of nitro groups is 1. The molecule has 0 radical (unpaired) electrons. The highest BCUT2D eigenvalue weighted by molar-refractivity contribution is 6.07. The van der Waals surface area contributed by atoms with Crippen LogP contribution in [-0.2, 0) is 0 Å². The van der Waals surface area contributed by atoms with Gasteiger partial charge in [0.15, 0.2) is 0 Å². The number of hydrazone groups is 1. The van der Waals surface area contributed by atoms with Crippen molar-refractivity contribution in [3.63, 3.8) is 0 Å². The summed E-state index contributed by atoms with van der Waals surface area (Å²) >= 11 is 0. The Balaban J connectivity index is 1.54. The largest absolute Gasteiger partial charge is 0.269 e. The highest BCUT2D eigenvalue weighted by Gasteiger charge is 2.32. The second-order valence-corrected chi connectivity index (χ2v) is 8.48. The van der Waals surface area contributed by atoms with E-state index >= 15 is 0 Å². The van der Waals surface area contributed by atoms with Gasteiger partial charge in [-0.25, -0.2) is 0 Å². The van der Waals surface area contributed by atoms with Crippen LogP contribution in [0.5, 0.6) is 0 Å². The van der Waals surface area contributed by atoms with Gasteiger partial charge in [-0.05, 0) is 63.0 Å². The molecule has 5 aromatic carbocycles. The first kappa shape index (κ1) is 20.1. The maximum absolute atomic E-state index is 11.1. The lowest BCUT2D eigenvalue weighted by Gasteiger charge is -2.26. The molecule has 0 unspecified atom stereocenters. The summed E-state index contributed by atoms with van der Waals surface area (Å²) in [6, 6.07) is 36.1. The summed E-state index contributed by atoms with van der Waals surface area (Å²) in [6.07, 6.45) is 0.699. The Morgan fingerprint density at radius 3 is 1.97 bits per heavy atom. The average molecular weight is 444 g/mol. The van der Waals surface area contributed by atoms with E-state index in [0.717, 1.165) is 17.0 Å².